The molecule has 0 bridgehead atoms. The summed E-state index contributed by atoms with van der Waals surface area (Å²) in [6.07, 6.45) is -0.615. The number of hydrogen-bond acceptors (Lipinski definition) is 8. The number of nitrogens with zero attached hydrogens (tertiary/aromatic N) is 6. The van der Waals surface area contributed by atoms with E-state index < -0.39 is 0 Å². The second kappa shape index (κ2) is 18.9. The van der Waals surface area contributed by atoms with Gasteiger partial charge in [0.1, 0.15) is 0 Å². The van der Waals surface area contributed by atoms with Crippen molar-refractivity contribution in [2.24, 2.45) is 0 Å². The third-order valence-electron chi connectivity index (χ3n) is 7.49. The normalized spacial score (nSPS) is 18.0. The maximum atomic E-state index is 10.7. The van der Waals surface area contributed by atoms with Crippen molar-refractivity contribution in [3.63, 3.8) is 0 Å². The molecule has 0 aliphatic carbocycles. The minimum atomic E-state index is -0.308. The summed E-state index contributed by atoms with van der Waals surface area (Å²) in [7, 11) is 0. The van der Waals surface area contributed by atoms with Crippen LogP contribution in [-0.2, 0) is 0 Å². The molecule has 0 aromatic carbocycles. The van der Waals surface area contributed by atoms with Gasteiger partial charge >= 0.3 is 0 Å². The number of rotatable bonds is 20. The van der Waals surface area contributed by atoms with Crippen molar-refractivity contribution in [3.8, 4) is 0 Å². The topological polar surface area (TPSA) is 59.9 Å². The van der Waals surface area contributed by atoms with Crippen LogP contribution in [-0.4, -0.2) is 170 Å². The smallest absolute Gasteiger partial charge is 0.0793 e. The molecule has 0 amide bonds. The monoisotopic (exact) mass is 486 g/mol. The second-order valence-electron chi connectivity index (χ2n) is 9.75. The number of aliphatic hydroxyl groups is 2. The average Bonchev–Trinajstić information content (AvgIpc) is 2.84. The highest BCUT2D eigenvalue weighted by molar-refractivity contribution is 4.78. The molecule has 0 saturated carbocycles. The fourth-order valence-corrected chi connectivity index (χ4v) is 4.86. The first-order valence-corrected chi connectivity index (χ1v) is 14.1. The Morgan fingerprint density at radius 3 is 1.03 bits per heavy atom. The zero-order valence-corrected chi connectivity index (χ0v) is 23.5. The fraction of sp³-hybridized carbons (Fsp3) is 1.00. The summed E-state index contributed by atoms with van der Waals surface area (Å²) in [4.78, 5) is 14.4. The number of hydrogen-bond donors (Lipinski definition) is 2. The highest BCUT2D eigenvalue weighted by Crippen LogP contribution is 2.06. The summed E-state index contributed by atoms with van der Waals surface area (Å²) in [6.45, 7) is 30.5. The lowest BCUT2D eigenvalue weighted by molar-refractivity contribution is 0.0278. The molecule has 1 saturated heterocycles. The molecular weight excluding hydrogens is 428 g/mol. The van der Waals surface area contributed by atoms with Crippen LogP contribution in [0.1, 0.15) is 41.5 Å². The van der Waals surface area contributed by atoms with Crippen LogP contribution in [0.25, 0.3) is 0 Å². The van der Waals surface area contributed by atoms with Crippen LogP contribution < -0.4 is 0 Å². The summed E-state index contributed by atoms with van der Waals surface area (Å²) in [5.74, 6) is 0. The molecule has 0 spiro atoms. The van der Waals surface area contributed by atoms with E-state index in [9.17, 15) is 10.2 Å². The summed E-state index contributed by atoms with van der Waals surface area (Å²) in [6, 6.07) is 0. The van der Waals surface area contributed by atoms with Crippen LogP contribution in [0.5, 0.6) is 0 Å². The van der Waals surface area contributed by atoms with Crippen molar-refractivity contribution in [1.82, 2.24) is 29.4 Å². The average molecular weight is 487 g/mol. The van der Waals surface area contributed by atoms with E-state index in [1.54, 1.807) is 0 Å². The lowest BCUT2D eigenvalue weighted by atomic mass is 10.2. The first-order valence-electron chi connectivity index (χ1n) is 14.1. The molecule has 1 fully saturated rings. The Bertz CT molecular complexity index is 428. The van der Waals surface area contributed by atoms with Gasteiger partial charge in [-0.2, -0.15) is 0 Å². The molecule has 2 unspecified atom stereocenters. The van der Waals surface area contributed by atoms with Crippen LogP contribution in [0.4, 0.5) is 0 Å². The van der Waals surface area contributed by atoms with Crippen molar-refractivity contribution < 1.29 is 10.2 Å². The van der Waals surface area contributed by atoms with E-state index in [0.717, 1.165) is 118 Å². The molecule has 1 aliphatic heterocycles. The van der Waals surface area contributed by atoms with Crippen LogP contribution in [0.2, 0.25) is 0 Å². The summed E-state index contributed by atoms with van der Waals surface area (Å²) in [5.41, 5.74) is 0. The van der Waals surface area contributed by atoms with E-state index in [2.05, 4.69) is 70.9 Å². The molecule has 0 aromatic rings. The van der Waals surface area contributed by atoms with Crippen molar-refractivity contribution in [1.29, 1.82) is 0 Å². The van der Waals surface area contributed by atoms with Gasteiger partial charge in [0.25, 0.3) is 0 Å². The van der Waals surface area contributed by atoms with E-state index in [1.165, 1.54) is 0 Å². The molecule has 0 aromatic heterocycles. The molecule has 204 valence electrons. The first kappa shape index (κ1) is 31.7. The summed E-state index contributed by atoms with van der Waals surface area (Å²) in [5, 5.41) is 21.4. The Morgan fingerprint density at radius 1 is 0.500 bits per heavy atom. The minimum absolute atomic E-state index is 0.308. The van der Waals surface area contributed by atoms with E-state index in [-0.39, 0.29) is 12.2 Å². The van der Waals surface area contributed by atoms with Gasteiger partial charge in [-0.1, -0.05) is 41.5 Å². The summed E-state index contributed by atoms with van der Waals surface area (Å²) < 4.78 is 0. The Labute approximate surface area is 211 Å². The molecule has 8 heteroatoms. The number of aliphatic hydroxyl groups excluding tert-OH is 2. The van der Waals surface area contributed by atoms with Crippen molar-refractivity contribution >= 4 is 0 Å². The van der Waals surface area contributed by atoms with E-state index >= 15 is 0 Å². The van der Waals surface area contributed by atoms with E-state index in [1.807, 2.05) is 0 Å². The maximum Gasteiger partial charge on any atom is 0.0793 e. The van der Waals surface area contributed by atoms with Gasteiger partial charge in [0.15, 0.2) is 0 Å². The highest BCUT2D eigenvalue weighted by Gasteiger charge is 2.22. The Morgan fingerprint density at radius 2 is 0.765 bits per heavy atom. The zero-order chi connectivity index (χ0) is 25.3. The zero-order valence-electron chi connectivity index (χ0n) is 23.5. The predicted molar refractivity (Wildman–Crippen MR) is 145 cm³/mol. The Kier molecular flexibility index (Phi) is 17.6. The van der Waals surface area contributed by atoms with Crippen molar-refractivity contribution in [3.05, 3.63) is 0 Å². The quantitative estimate of drug-likeness (QED) is 0.260. The molecule has 1 rings (SSSR count). The number of likely N-dealkylation sites (N-methyl/N-ethyl adjacent to an activating group) is 4. The summed E-state index contributed by atoms with van der Waals surface area (Å²) >= 11 is 0. The van der Waals surface area contributed by atoms with Gasteiger partial charge in [-0.05, 0) is 39.3 Å². The molecule has 1 aliphatic rings. The van der Waals surface area contributed by atoms with Crippen molar-refractivity contribution in [2.75, 3.05) is 118 Å². The van der Waals surface area contributed by atoms with E-state index in [0.29, 0.717) is 0 Å². The molecule has 0 radical (unpaired) electrons. The van der Waals surface area contributed by atoms with Crippen LogP contribution >= 0.6 is 0 Å². The largest absolute Gasteiger partial charge is 0.390 e. The Balaban J connectivity index is 2.30. The molecule has 8 nitrogen and oxygen atoms in total. The Hall–Kier alpha value is -0.320. The molecule has 1 heterocycles. The second-order valence-corrected chi connectivity index (χ2v) is 9.75. The first-order chi connectivity index (χ1) is 16.4. The lowest BCUT2D eigenvalue weighted by Crippen LogP contribution is -2.52. The molecular formula is C26H58N6O2. The maximum absolute atomic E-state index is 10.7. The third kappa shape index (κ3) is 13.1. The van der Waals surface area contributed by atoms with Crippen molar-refractivity contribution in [2.45, 2.75) is 53.8 Å². The van der Waals surface area contributed by atoms with Gasteiger partial charge < -0.3 is 20.0 Å². The minimum Gasteiger partial charge on any atom is -0.390 e. The fourth-order valence-electron chi connectivity index (χ4n) is 4.86. The molecule has 2 atom stereocenters. The number of β-amino-alcohol motifs (C(OH)–C–C–N with tert-alkyl or cyclic N) is 2. The highest BCUT2D eigenvalue weighted by atomic mass is 16.3. The van der Waals surface area contributed by atoms with Crippen LogP contribution in [0, 0.1) is 0 Å². The van der Waals surface area contributed by atoms with Gasteiger partial charge in [0.2, 0.25) is 0 Å². The van der Waals surface area contributed by atoms with Gasteiger partial charge in [-0.3, -0.25) is 19.6 Å². The van der Waals surface area contributed by atoms with Gasteiger partial charge in [-0.25, -0.2) is 0 Å². The standard InChI is InChI=1S/C26H58N6O2/c1-7-27(8-2)13-15-29(11-5)21-25(33)23-31-17-19-32(20-18-31)24-26(34)22-30(12-6)16-14-28(9-3)10-4/h25-26,33-34H,7-24H2,1-6H3. The number of piperazine rings is 1. The van der Waals surface area contributed by atoms with Crippen LogP contribution in [0.15, 0.2) is 0 Å². The van der Waals surface area contributed by atoms with Gasteiger partial charge in [0, 0.05) is 78.5 Å². The molecule has 2 N–H and O–H groups in total. The van der Waals surface area contributed by atoms with E-state index in [4.69, 9.17) is 0 Å². The van der Waals surface area contributed by atoms with Crippen LogP contribution in [0.3, 0.4) is 0 Å². The van der Waals surface area contributed by atoms with Gasteiger partial charge in [-0.15, -0.1) is 0 Å². The SMILES string of the molecule is CCN(CC)CCN(CC)CC(O)CN1CCN(CC(O)CN(CC)CCN(CC)CC)CC1. The van der Waals surface area contributed by atoms with Gasteiger partial charge in [0.05, 0.1) is 12.2 Å². The molecule has 34 heavy (non-hydrogen) atoms. The lowest BCUT2D eigenvalue weighted by Gasteiger charge is -2.37. The predicted octanol–water partition coefficient (Wildman–Crippen LogP) is 0.653. The third-order valence-corrected chi connectivity index (χ3v) is 7.49.